The SMILES string of the molecule is C[S+]([O-])c1ccc2c(-c3nc(NC4CCCN(C(=O)OC(C)(C)C)C4)ncc3C(F)(F)F)c[nH]c2c1. The number of aromatic amines is 1. The summed E-state index contributed by atoms with van der Waals surface area (Å²) in [6.45, 7) is 6.21. The van der Waals surface area contributed by atoms with Gasteiger partial charge in [-0.25, -0.2) is 14.8 Å². The summed E-state index contributed by atoms with van der Waals surface area (Å²) in [5.74, 6) is 0.0367. The first-order chi connectivity index (χ1) is 16.8. The summed E-state index contributed by atoms with van der Waals surface area (Å²) in [6, 6.07) is 4.65. The molecule has 12 heteroatoms. The van der Waals surface area contributed by atoms with Gasteiger partial charge in [0.15, 0.2) is 4.90 Å². The third-order valence-corrected chi connectivity index (χ3v) is 6.66. The zero-order valence-corrected chi connectivity index (χ0v) is 21.2. The molecule has 2 unspecified atom stereocenters. The minimum absolute atomic E-state index is 0.0367. The summed E-state index contributed by atoms with van der Waals surface area (Å²) in [5, 5.41) is 3.61. The molecule has 0 aliphatic carbocycles. The van der Waals surface area contributed by atoms with E-state index in [4.69, 9.17) is 4.74 Å². The van der Waals surface area contributed by atoms with Crippen LogP contribution in [0.5, 0.6) is 0 Å². The number of likely N-dealkylation sites (tertiary alicyclic amines) is 1. The Labute approximate surface area is 209 Å². The Morgan fingerprint density at radius 2 is 2.06 bits per heavy atom. The number of hydrogen-bond acceptors (Lipinski definition) is 6. The van der Waals surface area contributed by atoms with Gasteiger partial charge in [0.25, 0.3) is 0 Å². The first kappa shape index (κ1) is 26.1. The van der Waals surface area contributed by atoms with E-state index < -0.39 is 34.6 Å². The average molecular weight is 524 g/mol. The number of nitrogens with zero attached hydrogens (tertiary/aromatic N) is 3. The predicted octanol–water partition coefficient (Wildman–Crippen LogP) is 5.19. The number of piperidine rings is 1. The number of benzene rings is 1. The maximum absolute atomic E-state index is 13.9. The van der Waals surface area contributed by atoms with E-state index in [0.717, 1.165) is 6.20 Å². The molecule has 2 atom stereocenters. The van der Waals surface area contributed by atoms with Crippen molar-refractivity contribution in [1.82, 2.24) is 19.9 Å². The highest BCUT2D eigenvalue weighted by atomic mass is 32.2. The van der Waals surface area contributed by atoms with Crippen LogP contribution in [0.2, 0.25) is 0 Å². The molecule has 1 amide bonds. The van der Waals surface area contributed by atoms with E-state index >= 15 is 0 Å². The van der Waals surface area contributed by atoms with Crippen LogP contribution in [0.1, 0.15) is 39.2 Å². The maximum Gasteiger partial charge on any atom is 0.419 e. The third-order valence-electron chi connectivity index (χ3n) is 5.74. The molecule has 0 spiro atoms. The number of aromatic nitrogens is 3. The monoisotopic (exact) mass is 523 g/mol. The molecule has 194 valence electrons. The van der Waals surface area contributed by atoms with Gasteiger partial charge in [-0.05, 0) is 56.9 Å². The number of hydrogen-bond donors (Lipinski definition) is 2. The maximum atomic E-state index is 13.9. The van der Waals surface area contributed by atoms with Gasteiger partial charge >= 0.3 is 12.3 Å². The fraction of sp³-hybridized carbons (Fsp3) is 0.458. The summed E-state index contributed by atoms with van der Waals surface area (Å²) in [4.78, 5) is 25.7. The summed E-state index contributed by atoms with van der Waals surface area (Å²) >= 11 is -1.23. The highest BCUT2D eigenvalue weighted by Gasteiger charge is 2.36. The van der Waals surface area contributed by atoms with Crippen molar-refractivity contribution in [3.05, 3.63) is 36.2 Å². The lowest BCUT2D eigenvalue weighted by molar-refractivity contribution is -0.137. The van der Waals surface area contributed by atoms with Crippen molar-refractivity contribution < 1.29 is 27.3 Å². The molecule has 0 radical (unpaired) electrons. The summed E-state index contributed by atoms with van der Waals surface area (Å²) < 4.78 is 58.8. The summed E-state index contributed by atoms with van der Waals surface area (Å²) in [5.41, 5.74) is -1.04. The Morgan fingerprint density at radius 1 is 1.31 bits per heavy atom. The number of carbonyl (C=O) groups is 1. The van der Waals surface area contributed by atoms with Crippen LogP contribution in [0.4, 0.5) is 23.9 Å². The van der Waals surface area contributed by atoms with E-state index in [1.54, 1.807) is 43.9 Å². The van der Waals surface area contributed by atoms with Crippen LogP contribution in [0, 0.1) is 0 Å². The number of anilines is 1. The van der Waals surface area contributed by atoms with E-state index in [-0.39, 0.29) is 23.2 Å². The largest absolute Gasteiger partial charge is 0.612 e. The number of rotatable bonds is 4. The van der Waals surface area contributed by atoms with Crippen molar-refractivity contribution in [2.45, 2.75) is 56.3 Å². The number of H-pyrrole nitrogens is 1. The fourth-order valence-corrected chi connectivity index (χ4v) is 4.66. The molecule has 3 heterocycles. The predicted molar refractivity (Wildman–Crippen MR) is 131 cm³/mol. The van der Waals surface area contributed by atoms with E-state index in [1.165, 1.54) is 12.5 Å². The molecule has 36 heavy (non-hydrogen) atoms. The van der Waals surface area contributed by atoms with Crippen molar-refractivity contribution in [2.75, 3.05) is 24.7 Å². The lowest BCUT2D eigenvalue weighted by atomic mass is 10.1. The smallest absolute Gasteiger partial charge is 0.419 e. The summed E-state index contributed by atoms with van der Waals surface area (Å²) in [6.07, 6.45) is 0.0588. The van der Waals surface area contributed by atoms with Crippen molar-refractivity contribution in [1.29, 1.82) is 0 Å². The molecule has 8 nitrogen and oxygen atoms in total. The third kappa shape index (κ3) is 5.86. The highest BCUT2D eigenvalue weighted by Crippen LogP contribution is 2.39. The van der Waals surface area contributed by atoms with E-state index in [0.29, 0.717) is 41.7 Å². The first-order valence-electron chi connectivity index (χ1n) is 11.5. The molecule has 1 aliphatic rings. The van der Waals surface area contributed by atoms with E-state index in [2.05, 4.69) is 20.3 Å². The Kier molecular flexibility index (Phi) is 7.11. The molecule has 0 saturated carbocycles. The molecule has 2 aromatic heterocycles. The van der Waals surface area contributed by atoms with Gasteiger partial charge in [0, 0.05) is 48.5 Å². The van der Waals surface area contributed by atoms with Crippen LogP contribution in [0.25, 0.3) is 22.2 Å². The summed E-state index contributed by atoms with van der Waals surface area (Å²) in [7, 11) is 0. The van der Waals surface area contributed by atoms with Crippen molar-refractivity contribution in [3.63, 3.8) is 0 Å². The highest BCUT2D eigenvalue weighted by molar-refractivity contribution is 7.90. The lowest BCUT2D eigenvalue weighted by Crippen LogP contribution is -2.47. The number of nitrogens with one attached hydrogen (secondary N) is 2. The zero-order chi connectivity index (χ0) is 26.3. The minimum atomic E-state index is -4.67. The average Bonchev–Trinajstić information content (AvgIpc) is 3.20. The fourth-order valence-electron chi connectivity index (χ4n) is 4.11. The zero-order valence-electron chi connectivity index (χ0n) is 20.4. The molecule has 2 N–H and O–H groups in total. The second-order valence-corrected chi connectivity index (χ2v) is 11.1. The molecule has 4 rings (SSSR count). The van der Waals surface area contributed by atoms with Crippen molar-refractivity contribution in [2.24, 2.45) is 0 Å². The van der Waals surface area contributed by atoms with Gasteiger partial charge in [0.05, 0.1) is 11.2 Å². The number of fused-ring (bicyclic) bond motifs is 1. The number of alkyl halides is 3. The van der Waals surface area contributed by atoms with Gasteiger partial charge in [-0.15, -0.1) is 0 Å². The lowest BCUT2D eigenvalue weighted by Gasteiger charge is -2.34. The van der Waals surface area contributed by atoms with Crippen molar-refractivity contribution >= 4 is 34.1 Å². The normalized spacial score (nSPS) is 17.8. The van der Waals surface area contributed by atoms with Crippen LogP contribution in [0.15, 0.2) is 35.5 Å². The van der Waals surface area contributed by atoms with Gasteiger partial charge in [-0.2, -0.15) is 13.2 Å². The Morgan fingerprint density at radius 3 is 2.72 bits per heavy atom. The van der Waals surface area contributed by atoms with Gasteiger partial charge in [0.1, 0.15) is 17.4 Å². The van der Waals surface area contributed by atoms with Gasteiger partial charge in [-0.1, -0.05) is 0 Å². The van der Waals surface area contributed by atoms with Crippen LogP contribution in [-0.2, 0) is 22.1 Å². The Bertz CT molecular complexity index is 1260. The van der Waals surface area contributed by atoms with Crippen molar-refractivity contribution in [3.8, 4) is 11.3 Å². The number of carbonyl (C=O) groups excluding carboxylic acids is 1. The molecule has 3 aromatic rings. The molecular weight excluding hydrogens is 495 g/mol. The Balaban J connectivity index is 1.63. The van der Waals surface area contributed by atoms with E-state index in [1.807, 2.05) is 0 Å². The second kappa shape index (κ2) is 9.81. The molecular formula is C24H28F3N5O3S. The van der Waals surface area contributed by atoms with Gasteiger partial charge in [0.2, 0.25) is 5.95 Å². The van der Waals surface area contributed by atoms with Crippen LogP contribution in [-0.4, -0.2) is 61.5 Å². The number of halogens is 3. The Hall–Kier alpha value is -2.99. The van der Waals surface area contributed by atoms with Crippen LogP contribution in [0.3, 0.4) is 0 Å². The van der Waals surface area contributed by atoms with Gasteiger partial charge in [-0.3, -0.25) is 0 Å². The van der Waals surface area contributed by atoms with Crippen LogP contribution < -0.4 is 5.32 Å². The standard InChI is InChI=1S/C24H28F3N5O3S/c1-23(2,3)35-22(33)32-9-5-6-14(13-32)30-21-29-12-18(24(25,26)27)20(31-21)17-11-28-19-10-15(36(4)34)7-8-16(17)19/h7-8,10-12,14,28H,5-6,9,13H2,1-4H3,(H,29,30,31). The number of amides is 1. The molecule has 1 aromatic carbocycles. The second-order valence-electron chi connectivity index (χ2n) is 9.73. The first-order valence-corrected chi connectivity index (χ1v) is 13.0. The van der Waals surface area contributed by atoms with Gasteiger partial charge < -0.3 is 24.5 Å². The van der Waals surface area contributed by atoms with E-state index in [9.17, 15) is 22.5 Å². The molecule has 1 fully saturated rings. The minimum Gasteiger partial charge on any atom is -0.612 e. The topological polar surface area (TPSA) is 106 Å². The van der Waals surface area contributed by atoms with Crippen LogP contribution >= 0.6 is 0 Å². The molecule has 1 aliphatic heterocycles. The molecule has 0 bridgehead atoms. The quantitative estimate of drug-likeness (QED) is 0.456. The number of ether oxygens (including phenoxy) is 1. The molecule has 1 saturated heterocycles.